The first-order valence-electron chi connectivity index (χ1n) is 8.37. The number of benzene rings is 2. The molecule has 2 heterocycles. The van der Waals surface area contributed by atoms with Gasteiger partial charge >= 0.3 is 0 Å². The quantitative estimate of drug-likeness (QED) is 0.731. The average Bonchev–Trinajstić information content (AvgIpc) is 2.70. The van der Waals surface area contributed by atoms with Gasteiger partial charge in [-0.15, -0.1) is 0 Å². The topological polar surface area (TPSA) is 72.5 Å². The Bertz CT molecular complexity index is 994. The number of carbonyl (C=O) groups is 1. The molecular weight excluding hydrogens is 349 g/mol. The third-order valence-electron chi connectivity index (χ3n) is 3.95. The molecule has 0 atom stereocenters. The summed E-state index contributed by atoms with van der Waals surface area (Å²) in [4.78, 5) is 16.6. The van der Waals surface area contributed by atoms with Gasteiger partial charge in [-0.05, 0) is 30.3 Å². The number of fused-ring (bicyclic) bond motifs is 1. The summed E-state index contributed by atoms with van der Waals surface area (Å²) in [5.41, 5.74) is 1.74. The fourth-order valence-corrected chi connectivity index (χ4v) is 2.67. The van der Waals surface area contributed by atoms with Crippen LogP contribution in [0.25, 0.3) is 0 Å². The van der Waals surface area contributed by atoms with Crippen molar-refractivity contribution in [2.24, 2.45) is 0 Å². The Morgan fingerprint density at radius 1 is 0.963 bits per heavy atom. The maximum Gasteiger partial charge on any atom is 0.257 e. The zero-order chi connectivity index (χ0) is 18.6. The summed E-state index contributed by atoms with van der Waals surface area (Å²) in [7, 11) is 0. The number of nitrogens with zero attached hydrogens (tertiary/aromatic N) is 1. The van der Waals surface area contributed by atoms with E-state index in [-0.39, 0.29) is 11.7 Å². The average molecular weight is 365 g/mol. The molecule has 1 amide bonds. The number of para-hydroxylation sites is 1. The van der Waals surface area contributed by atoms with Crippen LogP contribution in [0.2, 0.25) is 0 Å². The third kappa shape index (κ3) is 3.82. The van der Waals surface area contributed by atoms with Crippen molar-refractivity contribution >= 4 is 23.0 Å². The molecule has 27 heavy (non-hydrogen) atoms. The lowest BCUT2D eigenvalue weighted by Gasteiger charge is -2.19. The molecule has 6 nitrogen and oxygen atoms in total. The molecule has 7 heteroatoms. The van der Waals surface area contributed by atoms with Gasteiger partial charge < -0.3 is 20.1 Å². The van der Waals surface area contributed by atoms with Crippen LogP contribution in [0.4, 0.5) is 21.5 Å². The van der Waals surface area contributed by atoms with Gasteiger partial charge in [0.05, 0.1) is 23.1 Å². The number of carbonyl (C=O) groups excluding carboxylic acids is 1. The van der Waals surface area contributed by atoms with E-state index in [1.54, 1.807) is 42.5 Å². The molecule has 0 fully saturated rings. The summed E-state index contributed by atoms with van der Waals surface area (Å²) in [6, 6.07) is 13.1. The maximum absolute atomic E-state index is 13.8. The first-order chi connectivity index (χ1) is 13.2. The zero-order valence-electron chi connectivity index (χ0n) is 14.2. The summed E-state index contributed by atoms with van der Waals surface area (Å²) in [6.07, 6.45) is 2.97. The van der Waals surface area contributed by atoms with Crippen LogP contribution in [0.3, 0.4) is 0 Å². The van der Waals surface area contributed by atoms with E-state index in [4.69, 9.17) is 9.47 Å². The number of rotatable bonds is 4. The van der Waals surface area contributed by atoms with Crippen LogP contribution >= 0.6 is 0 Å². The molecule has 4 rings (SSSR count). The number of halogens is 1. The smallest absolute Gasteiger partial charge is 0.257 e. The molecule has 0 spiro atoms. The van der Waals surface area contributed by atoms with Gasteiger partial charge in [-0.3, -0.25) is 9.78 Å². The molecule has 0 bridgehead atoms. The summed E-state index contributed by atoms with van der Waals surface area (Å²) < 4.78 is 24.8. The molecule has 0 aliphatic carbocycles. The number of ether oxygens (including phenoxy) is 2. The maximum atomic E-state index is 13.8. The van der Waals surface area contributed by atoms with Crippen LogP contribution in [0.15, 0.2) is 60.9 Å². The first-order valence-corrected chi connectivity index (χ1v) is 8.37. The number of nitrogens with one attached hydrogen (secondary N) is 2. The normalized spacial score (nSPS) is 12.3. The number of anilines is 3. The second kappa shape index (κ2) is 7.33. The summed E-state index contributed by atoms with van der Waals surface area (Å²) in [5, 5.41) is 5.71. The third-order valence-corrected chi connectivity index (χ3v) is 3.95. The van der Waals surface area contributed by atoms with Gasteiger partial charge in [0.25, 0.3) is 5.91 Å². The van der Waals surface area contributed by atoms with Crippen LogP contribution in [-0.2, 0) is 0 Å². The van der Waals surface area contributed by atoms with Crippen molar-refractivity contribution in [2.45, 2.75) is 0 Å². The molecular formula is C20H16FN3O3. The minimum atomic E-state index is -0.386. The zero-order valence-corrected chi connectivity index (χ0v) is 14.2. The minimum Gasteiger partial charge on any atom is -0.486 e. The first kappa shape index (κ1) is 16.8. The van der Waals surface area contributed by atoms with Crippen molar-refractivity contribution in [1.29, 1.82) is 0 Å². The lowest BCUT2D eigenvalue weighted by Crippen LogP contribution is -2.16. The highest BCUT2D eigenvalue weighted by Gasteiger charge is 2.14. The van der Waals surface area contributed by atoms with Crippen LogP contribution in [0, 0.1) is 5.82 Å². The molecule has 2 aromatic carbocycles. The Morgan fingerprint density at radius 2 is 1.78 bits per heavy atom. The van der Waals surface area contributed by atoms with Crippen molar-refractivity contribution in [2.75, 3.05) is 23.8 Å². The number of hydrogen-bond acceptors (Lipinski definition) is 5. The predicted molar refractivity (Wildman–Crippen MR) is 99.3 cm³/mol. The van der Waals surface area contributed by atoms with E-state index in [9.17, 15) is 9.18 Å². The van der Waals surface area contributed by atoms with Crippen LogP contribution in [-0.4, -0.2) is 24.1 Å². The van der Waals surface area contributed by atoms with E-state index in [1.165, 1.54) is 18.5 Å². The largest absolute Gasteiger partial charge is 0.486 e. The van der Waals surface area contributed by atoms with Crippen molar-refractivity contribution in [3.8, 4) is 11.5 Å². The molecule has 0 unspecified atom stereocenters. The molecule has 0 radical (unpaired) electrons. The molecule has 2 N–H and O–H groups in total. The van der Waals surface area contributed by atoms with Gasteiger partial charge in [0.1, 0.15) is 19.0 Å². The molecule has 1 aliphatic heterocycles. The highest BCUT2D eigenvalue weighted by atomic mass is 19.1. The van der Waals surface area contributed by atoms with Gasteiger partial charge in [0.15, 0.2) is 11.5 Å². The summed E-state index contributed by atoms with van der Waals surface area (Å²) in [6.45, 7) is 0.976. The summed E-state index contributed by atoms with van der Waals surface area (Å²) in [5.74, 6) is 0.518. The fraction of sp³-hybridized carbons (Fsp3) is 0.100. The summed E-state index contributed by atoms with van der Waals surface area (Å²) >= 11 is 0. The number of aromatic nitrogens is 1. The Hall–Kier alpha value is -3.61. The Balaban J connectivity index is 1.50. The van der Waals surface area contributed by atoms with E-state index in [0.29, 0.717) is 47.3 Å². The highest BCUT2D eigenvalue weighted by Crippen LogP contribution is 2.32. The van der Waals surface area contributed by atoms with Crippen LogP contribution in [0.5, 0.6) is 11.5 Å². The highest BCUT2D eigenvalue weighted by molar-refractivity contribution is 6.04. The van der Waals surface area contributed by atoms with E-state index < -0.39 is 0 Å². The van der Waals surface area contributed by atoms with E-state index in [0.717, 1.165) is 0 Å². The molecule has 0 saturated carbocycles. The molecule has 1 aliphatic rings. The van der Waals surface area contributed by atoms with E-state index in [1.807, 2.05) is 0 Å². The monoisotopic (exact) mass is 365 g/mol. The molecule has 136 valence electrons. The number of pyridine rings is 1. The number of hydrogen-bond donors (Lipinski definition) is 2. The van der Waals surface area contributed by atoms with Gasteiger partial charge in [0.2, 0.25) is 0 Å². The standard InChI is InChI=1S/C20H16FN3O3/c21-16-3-1-2-4-17(16)23-15-9-13(11-22-12-15)20(25)24-14-5-6-18-19(10-14)27-8-7-26-18/h1-6,9-12,23H,7-8H2,(H,24,25). The Morgan fingerprint density at radius 3 is 2.63 bits per heavy atom. The van der Waals surface area contributed by atoms with Gasteiger partial charge in [-0.1, -0.05) is 12.1 Å². The fourth-order valence-electron chi connectivity index (χ4n) is 2.67. The van der Waals surface area contributed by atoms with E-state index in [2.05, 4.69) is 15.6 Å². The van der Waals surface area contributed by atoms with Crippen LogP contribution < -0.4 is 20.1 Å². The molecule has 1 aromatic heterocycles. The lowest BCUT2D eigenvalue weighted by atomic mass is 10.2. The van der Waals surface area contributed by atoms with Crippen molar-refractivity contribution in [3.63, 3.8) is 0 Å². The van der Waals surface area contributed by atoms with Gasteiger partial charge in [-0.25, -0.2) is 4.39 Å². The molecule has 3 aromatic rings. The second-order valence-electron chi connectivity index (χ2n) is 5.88. The number of amides is 1. The van der Waals surface area contributed by atoms with E-state index >= 15 is 0 Å². The second-order valence-corrected chi connectivity index (χ2v) is 5.88. The van der Waals surface area contributed by atoms with Crippen molar-refractivity contribution in [1.82, 2.24) is 4.98 Å². The minimum absolute atomic E-state index is 0.309. The predicted octanol–water partition coefficient (Wildman–Crippen LogP) is 3.99. The molecule has 0 saturated heterocycles. The van der Waals surface area contributed by atoms with Gasteiger partial charge in [0, 0.05) is 18.0 Å². The van der Waals surface area contributed by atoms with Crippen LogP contribution in [0.1, 0.15) is 10.4 Å². The van der Waals surface area contributed by atoms with Crippen molar-refractivity contribution in [3.05, 3.63) is 72.3 Å². The van der Waals surface area contributed by atoms with Gasteiger partial charge in [-0.2, -0.15) is 0 Å². The Kier molecular flexibility index (Phi) is 4.57. The SMILES string of the molecule is O=C(Nc1ccc2c(c1)OCCO2)c1cncc(Nc2ccccc2F)c1. The van der Waals surface area contributed by atoms with Crippen molar-refractivity contribution < 1.29 is 18.7 Å². The Labute approximate surface area is 155 Å². The lowest BCUT2D eigenvalue weighted by molar-refractivity contribution is 0.102.